The van der Waals surface area contributed by atoms with Gasteiger partial charge in [0.2, 0.25) is 5.95 Å². The summed E-state index contributed by atoms with van der Waals surface area (Å²) in [5.41, 5.74) is 2.29. The van der Waals surface area contributed by atoms with Crippen molar-refractivity contribution in [2.24, 2.45) is 5.84 Å². The van der Waals surface area contributed by atoms with E-state index in [9.17, 15) is 9.50 Å². The quantitative estimate of drug-likeness (QED) is 0.519. The van der Waals surface area contributed by atoms with Crippen molar-refractivity contribution in [3.63, 3.8) is 0 Å². The summed E-state index contributed by atoms with van der Waals surface area (Å²) in [6.07, 6.45) is 3.92. The Morgan fingerprint density at radius 2 is 2.41 bits per heavy atom. The van der Waals surface area contributed by atoms with E-state index in [2.05, 4.69) is 15.4 Å². The summed E-state index contributed by atoms with van der Waals surface area (Å²) < 4.78 is 13.7. The third-order valence-electron chi connectivity index (χ3n) is 2.96. The normalized spacial score (nSPS) is 20.4. The summed E-state index contributed by atoms with van der Waals surface area (Å²) in [5, 5.41) is 9.29. The Morgan fingerprint density at radius 1 is 1.59 bits per heavy atom. The third-order valence-corrected chi connectivity index (χ3v) is 2.96. The number of hydrogen-bond donors (Lipinski definition) is 3. The number of anilines is 2. The van der Waals surface area contributed by atoms with Gasteiger partial charge in [0, 0.05) is 6.54 Å². The summed E-state index contributed by atoms with van der Waals surface area (Å²) in [6.45, 7) is 0.679. The van der Waals surface area contributed by atoms with Crippen molar-refractivity contribution in [3.05, 3.63) is 12.0 Å². The van der Waals surface area contributed by atoms with E-state index in [1.807, 2.05) is 0 Å². The second-order valence-corrected chi connectivity index (χ2v) is 4.04. The van der Waals surface area contributed by atoms with Crippen molar-refractivity contribution in [1.29, 1.82) is 0 Å². The second-order valence-electron chi connectivity index (χ2n) is 4.04. The van der Waals surface area contributed by atoms with E-state index in [-0.39, 0.29) is 24.4 Å². The average molecular weight is 241 g/mol. The summed E-state index contributed by atoms with van der Waals surface area (Å²) in [7, 11) is 0. The lowest BCUT2D eigenvalue weighted by molar-refractivity contribution is 0.238. The number of aliphatic hydroxyl groups excluding tert-OH is 1. The Labute approximate surface area is 98.6 Å². The molecule has 1 atom stereocenters. The molecule has 1 aromatic heterocycles. The minimum Gasteiger partial charge on any atom is -0.394 e. The highest BCUT2D eigenvalue weighted by atomic mass is 19.1. The van der Waals surface area contributed by atoms with Crippen molar-refractivity contribution in [2.75, 3.05) is 23.5 Å². The maximum Gasteiger partial charge on any atom is 0.239 e. The van der Waals surface area contributed by atoms with E-state index in [1.165, 1.54) is 0 Å². The molecule has 0 bridgehead atoms. The molecular weight excluding hydrogens is 225 g/mol. The van der Waals surface area contributed by atoms with Gasteiger partial charge in [-0.25, -0.2) is 15.2 Å². The van der Waals surface area contributed by atoms with Gasteiger partial charge in [0.1, 0.15) is 0 Å². The molecule has 0 aromatic carbocycles. The molecule has 1 unspecified atom stereocenters. The van der Waals surface area contributed by atoms with Crippen molar-refractivity contribution < 1.29 is 9.50 Å². The van der Waals surface area contributed by atoms with Crippen LogP contribution in [0.25, 0.3) is 0 Å². The van der Waals surface area contributed by atoms with E-state index >= 15 is 0 Å². The summed E-state index contributed by atoms with van der Waals surface area (Å²) in [4.78, 5) is 9.48. The molecule has 1 saturated heterocycles. The summed E-state index contributed by atoms with van der Waals surface area (Å²) >= 11 is 0. The van der Waals surface area contributed by atoms with Gasteiger partial charge < -0.3 is 10.0 Å². The van der Waals surface area contributed by atoms with Crippen LogP contribution in [0.5, 0.6) is 0 Å². The number of nitrogens with one attached hydrogen (secondary N) is 1. The van der Waals surface area contributed by atoms with Gasteiger partial charge in [-0.2, -0.15) is 4.98 Å². The molecule has 0 amide bonds. The van der Waals surface area contributed by atoms with Crippen molar-refractivity contribution in [3.8, 4) is 0 Å². The Hall–Kier alpha value is -1.47. The molecule has 2 heterocycles. The van der Waals surface area contributed by atoms with Crippen LogP contribution in [-0.4, -0.2) is 34.3 Å². The molecule has 0 saturated carbocycles. The van der Waals surface area contributed by atoms with Crippen molar-refractivity contribution >= 4 is 11.8 Å². The zero-order valence-electron chi connectivity index (χ0n) is 9.43. The highest BCUT2D eigenvalue weighted by Gasteiger charge is 2.25. The molecule has 17 heavy (non-hydrogen) atoms. The minimum atomic E-state index is -0.496. The van der Waals surface area contributed by atoms with E-state index < -0.39 is 5.82 Å². The topological polar surface area (TPSA) is 87.3 Å². The van der Waals surface area contributed by atoms with Crippen LogP contribution in [0.2, 0.25) is 0 Å². The zero-order chi connectivity index (χ0) is 12.3. The molecule has 94 valence electrons. The van der Waals surface area contributed by atoms with Crippen LogP contribution in [0.4, 0.5) is 16.2 Å². The lowest BCUT2D eigenvalue weighted by Crippen LogP contribution is -2.43. The molecule has 4 N–H and O–H groups in total. The number of piperidine rings is 1. The number of nitrogens with two attached hydrogens (primary N) is 1. The molecular formula is C10H16FN5O. The monoisotopic (exact) mass is 241 g/mol. The maximum atomic E-state index is 13.7. The predicted octanol–water partition coefficient (Wildman–Crippen LogP) is 0.253. The van der Waals surface area contributed by atoms with Gasteiger partial charge in [0.15, 0.2) is 11.6 Å². The molecule has 0 radical (unpaired) electrons. The van der Waals surface area contributed by atoms with Gasteiger partial charge >= 0.3 is 0 Å². The average Bonchev–Trinajstić information content (AvgIpc) is 2.39. The number of nitrogen functional groups attached to an aromatic ring is 1. The van der Waals surface area contributed by atoms with Crippen molar-refractivity contribution in [2.45, 2.75) is 25.3 Å². The number of halogens is 1. The molecule has 1 aliphatic heterocycles. The highest BCUT2D eigenvalue weighted by molar-refractivity contribution is 5.45. The van der Waals surface area contributed by atoms with Gasteiger partial charge in [0.05, 0.1) is 18.8 Å². The van der Waals surface area contributed by atoms with Gasteiger partial charge in [-0.05, 0) is 19.3 Å². The summed E-state index contributed by atoms with van der Waals surface area (Å²) in [5.74, 6) is 5.07. The van der Waals surface area contributed by atoms with Crippen LogP contribution in [-0.2, 0) is 0 Å². The number of aliphatic hydroxyl groups is 1. The number of nitrogens with zero attached hydrogens (tertiary/aromatic N) is 3. The molecule has 1 fully saturated rings. The van der Waals surface area contributed by atoms with Crippen LogP contribution in [0.3, 0.4) is 0 Å². The maximum absolute atomic E-state index is 13.7. The minimum absolute atomic E-state index is 0.00513. The fourth-order valence-electron chi connectivity index (χ4n) is 2.10. The lowest BCUT2D eigenvalue weighted by atomic mass is 10.0. The van der Waals surface area contributed by atoms with Crippen LogP contribution in [0.15, 0.2) is 6.20 Å². The first-order chi connectivity index (χ1) is 8.26. The van der Waals surface area contributed by atoms with E-state index in [4.69, 9.17) is 5.84 Å². The van der Waals surface area contributed by atoms with Crippen LogP contribution in [0.1, 0.15) is 19.3 Å². The Bertz CT molecular complexity index is 389. The third kappa shape index (κ3) is 2.45. The van der Waals surface area contributed by atoms with Crippen LogP contribution >= 0.6 is 0 Å². The SMILES string of the molecule is NNc1ncc(F)c(N2CCCCC2CO)n1. The first-order valence-electron chi connectivity index (χ1n) is 5.63. The molecule has 0 spiro atoms. The molecule has 7 heteroatoms. The van der Waals surface area contributed by atoms with Gasteiger partial charge in [-0.1, -0.05) is 0 Å². The van der Waals surface area contributed by atoms with Gasteiger partial charge in [0.25, 0.3) is 0 Å². The predicted molar refractivity (Wildman–Crippen MR) is 61.9 cm³/mol. The fraction of sp³-hybridized carbons (Fsp3) is 0.600. The van der Waals surface area contributed by atoms with Gasteiger partial charge in [-0.3, -0.25) is 5.43 Å². The molecule has 1 aliphatic rings. The molecule has 0 aliphatic carbocycles. The Morgan fingerprint density at radius 3 is 3.12 bits per heavy atom. The van der Waals surface area contributed by atoms with E-state index in [0.29, 0.717) is 6.54 Å². The fourth-order valence-corrected chi connectivity index (χ4v) is 2.10. The smallest absolute Gasteiger partial charge is 0.239 e. The summed E-state index contributed by atoms with van der Waals surface area (Å²) in [6, 6.07) is -0.0845. The molecule has 6 nitrogen and oxygen atoms in total. The number of hydrogen-bond acceptors (Lipinski definition) is 6. The Kier molecular flexibility index (Phi) is 3.70. The zero-order valence-corrected chi connectivity index (χ0v) is 9.43. The number of rotatable bonds is 3. The number of aromatic nitrogens is 2. The number of hydrazine groups is 1. The molecule has 2 rings (SSSR count). The van der Waals surface area contributed by atoms with Crippen molar-refractivity contribution in [1.82, 2.24) is 9.97 Å². The second kappa shape index (κ2) is 5.24. The first-order valence-corrected chi connectivity index (χ1v) is 5.63. The lowest BCUT2D eigenvalue weighted by Gasteiger charge is -2.35. The standard InChI is InChI=1S/C10H16FN5O/c11-8-5-13-10(15-12)14-9(8)16-4-2-1-3-7(16)6-17/h5,7,17H,1-4,6,12H2,(H,13,14,15). The largest absolute Gasteiger partial charge is 0.394 e. The van der Waals surface area contributed by atoms with Gasteiger partial charge in [-0.15, -0.1) is 0 Å². The van der Waals surface area contributed by atoms with E-state index in [1.54, 1.807) is 4.90 Å². The van der Waals surface area contributed by atoms with Crippen LogP contribution in [0, 0.1) is 5.82 Å². The highest BCUT2D eigenvalue weighted by Crippen LogP contribution is 2.25. The Balaban J connectivity index is 2.30. The molecule has 1 aromatic rings. The first kappa shape index (κ1) is 12.0. The van der Waals surface area contributed by atoms with E-state index in [0.717, 1.165) is 25.5 Å². The van der Waals surface area contributed by atoms with Crippen LogP contribution < -0.4 is 16.2 Å².